The van der Waals surface area contributed by atoms with Crippen molar-refractivity contribution in [1.29, 1.82) is 0 Å². The molecule has 0 fully saturated rings. The molecule has 1 aliphatic rings. The topological polar surface area (TPSA) is 47.9 Å². The fourth-order valence-electron chi connectivity index (χ4n) is 7.20. The first-order valence-corrected chi connectivity index (χ1v) is 15.9. The Balaban J connectivity index is 1.27. The summed E-state index contributed by atoms with van der Waals surface area (Å²) in [5, 5.41) is 7.29. The number of fused-ring (bicyclic) bond motifs is 6. The molecule has 8 aromatic rings. The van der Waals surface area contributed by atoms with Gasteiger partial charge >= 0.3 is 0 Å². The van der Waals surface area contributed by atoms with Crippen LogP contribution >= 0.6 is 0 Å². The predicted molar refractivity (Wildman–Crippen MR) is 195 cm³/mol. The summed E-state index contributed by atoms with van der Waals surface area (Å²) in [7, 11) is 0. The lowest BCUT2D eigenvalue weighted by molar-refractivity contribution is 0.888. The van der Waals surface area contributed by atoms with Gasteiger partial charge in [0.05, 0.1) is 27.9 Å². The molecule has 0 unspecified atom stereocenters. The monoisotopic (exact) mass is 592 g/mol. The quantitative estimate of drug-likeness (QED) is 0.195. The fourth-order valence-corrected chi connectivity index (χ4v) is 7.20. The molecule has 0 spiro atoms. The highest BCUT2D eigenvalue weighted by Gasteiger charge is 2.20. The van der Waals surface area contributed by atoms with Gasteiger partial charge in [-0.1, -0.05) is 91.0 Å². The molecule has 220 valence electrons. The molecule has 6 aromatic carbocycles. The maximum Gasteiger partial charge on any atom is 0.0617 e. The number of nitrogens with one attached hydrogen (secondary N) is 1. The molecule has 4 nitrogen and oxygen atoms in total. The van der Waals surface area contributed by atoms with Crippen molar-refractivity contribution < 1.29 is 0 Å². The van der Waals surface area contributed by atoms with Gasteiger partial charge < -0.3 is 20.2 Å². The Kier molecular flexibility index (Phi) is 6.07. The predicted octanol–water partition coefficient (Wildman–Crippen LogP) is 10.7. The molecule has 0 saturated heterocycles. The summed E-state index contributed by atoms with van der Waals surface area (Å²) in [5.41, 5.74) is 19.8. The van der Waals surface area contributed by atoms with E-state index in [-0.39, 0.29) is 0 Å². The number of nitrogens with zero attached hydrogens (tertiary/aromatic N) is 2. The van der Waals surface area contributed by atoms with Gasteiger partial charge in [0.2, 0.25) is 0 Å². The standard InChI is InChI=1S/C42H32N4/c43-37-15-5-6-16-38(37)44-30-23-21-28(22-24-30)29-25-31(45-39-17-7-1-11-33(39)34-12-2-8-18-40(34)45)27-32(26-29)46-41-19-9-3-13-35(41)36-14-4-10-20-42(36)46/h1-9,11-19,21-27,44H,10,20,43H2. The first-order valence-electron chi connectivity index (χ1n) is 15.9. The van der Waals surface area contributed by atoms with Crippen LogP contribution in [-0.4, -0.2) is 9.13 Å². The molecule has 0 atom stereocenters. The number of allylic oxidation sites excluding steroid dienone is 1. The Morgan fingerprint density at radius 2 is 1.13 bits per heavy atom. The van der Waals surface area contributed by atoms with Crippen molar-refractivity contribution in [1.82, 2.24) is 9.13 Å². The number of aromatic nitrogens is 2. The van der Waals surface area contributed by atoms with E-state index in [1.165, 1.54) is 49.7 Å². The van der Waals surface area contributed by atoms with Crippen molar-refractivity contribution in [3.8, 4) is 22.5 Å². The minimum Gasteiger partial charge on any atom is -0.397 e. The van der Waals surface area contributed by atoms with Crippen LogP contribution in [0.25, 0.3) is 61.3 Å². The highest BCUT2D eigenvalue weighted by atomic mass is 15.0. The summed E-state index contributed by atoms with van der Waals surface area (Å²) in [5.74, 6) is 0. The first-order chi connectivity index (χ1) is 22.7. The Morgan fingerprint density at radius 3 is 1.83 bits per heavy atom. The first kappa shape index (κ1) is 26.4. The molecular weight excluding hydrogens is 560 g/mol. The number of anilines is 3. The van der Waals surface area contributed by atoms with E-state index in [9.17, 15) is 0 Å². The molecule has 3 N–H and O–H groups in total. The smallest absolute Gasteiger partial charge is 0.0617 e. The van der Waals surface area contributed by atoms with Crippen molar-refractivity contribution >= 4 is 55.8 Å². The molecule has 9 rings (SSSR count). The molecular formula is C42H32N4. The summed E-state index contributed by atoms with van der Waals surface area (Å²) >= 11 is 0. The van der Waals surface area contributed by atoms with Crippen LogP contribution in [0.1, 0.15) is 17.7 Å². The normalized spacial score (nSPS) is 12.6. The van der Waals surface area contributed by atoms with E-state index in [4.69, 9.17) is 5.73 Å². The van der Waals surface area contributed by atoms with Gasteiger partial charge in [0.1, 0.15) is 0 Å². The third-order valence-electron chi connectivity index (χ3n) is 9.31. The van der Waals surface area contributed by atoms with Crippen molar-refractivity contribution in [3.05, 3.63) is 157 Å². The third-order valence-corrected chi connectivity index (χ3v) is 9.31. The van der Waals surface area contributed by atoms with Crippen LogP contribution in [0.4, 0.5) is 17.1 Å². The lowest BCUT2D eigenvalue weighted by Gasteiger charge is -2.18. The van der Waals surface area contributed by atoms with E-state index in [2.05, 4.69) is 142 Å². The molecule has 46 heavy (non-hydrogen) atoms. The number of hydrogen-bond acceptors (Lipinski definition) is 2. The van der Waals surface area contributed by atoms with Gasteiger partial charge in [-0.3, -0.25) is 0 Å². The summed E-state index contributed by atoms with van der Waals surface area (Å²) in [6, 6.07) is 49.8. The van der Waals surface area contributed by atoms with Crippen molar-refractivity contribution in [2.45, 2.75) is 12.8 Å². The number of rotatable bonds is 5. The van der Waals surface area contributed by atoms with Crippen LogP contribution in [0.5, 0.6) is 0 Å². The molecule has 0 bridgehead atoms. The number of nitrogen functional groups attached to an aromatic ring is 1. The van der Waals surface area contributed by atoms with Crippen LogP contribution in [0.2, 0.25) is 0 Å². The molecule has 1 aliphatic carbocycles. The van der Waals surface area contributed by atoms with Crippen LogP contribution in [0.15, 0.2) is 146 Å². The second kappa shape index (κ2) is 10.6. The summed E-state index contributed by atoms with van der Waals surface area (Å²) < 4.78 is 4.91. The number of para-hydroxylation sites is 5. The highest BCUT2D eigenvalue weighted by molar-refractivity contribution is 6.09. The minimum absolute atomic E-state index is 0.729. The third kappa shape index (κ3) is 4.22. The molecule has 2 heterocycles. The van der Waals surface area contributed by atoms with Crippen LogP contribution in [-0.2, 0) is 6.42 Å². The number of benzene rings is 6. The maximum atomic E-state index is 6.21. The lowest BCUT2D eigenvalue weighted by atomic mass is 10.0. The van der Waals surface area contributed by atoms with Crippen LogP contribution in [0, 0.1) is 0 Å². The van der Waals surface area contributed by atoms with Crippen LogP contribution in [0.3, 0.4) is 0 Å². The van der Waals surface area contributed by atoms with E-state index in [1.807, 2.05) is 24.3 Å². The van der Waals surface area contributed by atoms with Gasteiger partial charge in [0.25, 0.3) is 0 Å². The van der Waals surface area contributed by atoms with E-state index >= 15 is 0 Å². The van der Waals surface area contributed by atoms with Gasteiger partial charge in [-0.25, -0.2) is 0 Å². The zero-order valence-corrected chi connectivity index (χ0v) is 25.3. The van der Waals surface area contributed by atoms with E-state index in [0.29, 0.717) is 0 Å². The average molecular weight is 593 g/mol. The summed E-state index contributed by atoms with van der Waals surface area (Å²) in [6.45, 7) is 0. The Morgan fingerprint density at radius 1 is 0.543 bits per heavy atom. The van der Waals surface area contributed by atoms with Crippen LogP contribution < -0.4 is 11.1 Å². The van der Waals surface area contributed by atoms with E-state index in [1.54, 1.807) is 0 Å². The zero-order valence-electron chi connectivity index (χ0n) is 25.3. The van der Waals surface area contributed by atoms with E-state index in [0.717, 1.165) is 46.7 Å². The maximum absolute atomic E-state index is 6.21. The van der Waals surface area contributed by atoms with Gasteiger partial charge in [0.15, 0.2) is 0 Å². The molecule has 0 radical (unpaired) electrons. The zero-order chi connectivity index (χ0) is 30.6. The van der Waals surface area contributed by atoms with Gasteiger partial charge in [-0.2, -0.15) is 0 Å². The Hall–Kier alpha value is -6.00. The second-order valence-electron chi connectivity index (χ2n) is 12.1. The Bertz CT molecular complexity index is 2400. The summed E-state index contributed by atoms with van der Waals surface area (Å²) in [6.07, 6.45) is 6.67. The molecule has 2 aromatic heterocycles. The van der Waals surface area contributed by atoms with Gasteiger partial charge in [0, 0.05) is 44.5 Å². The largest absolute Gasteiger partial charge is 0.397 e. The van der Waals surface area contributed by atoms with Gasteiger partial charge in [-0.05, 0) is 84.6 Å². The fraction of sp³-hybridized carbons (Fsp3) is 0.0476. The van der Waals surface area contributed by atoms with E-state index < -0.39 is 0 Å². The number of hydrogen-bond donors (Lipinski definition) is 2. The van der Waals surface area contributed by atoms with Crippen molar-refractivity contribution in [3.63, 3.8) is 0 Å². The van der Waals surface area contributed by atoms with Gasteiger partial charge in [-0.15, -0.1) is 0 Å². The second-order valence-corrected chi connectivity index (χ2v) is 12.1. The SMILES string of the molecule is Nc1ccccc1Nc1ccc(-c2cc(-n3c4c(c5ccccc53)C=CCC4)cc(-n3c4ccccc4c4ccccc43)c2)cc1. The number of nitrogens with two attached hydrogens (primary N) is 1. The highest BCUT2D eigenvalue weighted by Crippen LogP contribution is 2.38. The average Bonchev–Trinajstić information content (AvgIpc) is 3.63. The summed E-state index contributed by atoms with van der Waals surface area (Å²) in [4.78, 5) is 0. The molecule has 0 amide bonds. The molecule has 0 aliphatic heterocycles. The minimum atomic E-state index is 0.729. The molecule has 0 saturated carbocycles. The van der Waals surface area contributed by atoms with Crippen molar-refractivity contribution in [2.75, 3.05) is 11.1 Å². The molecule has 4 heteroatoms. The lowest BCUT2D eigenvalue weighted by Crippen LogP contribution is -2.05. The Labute approximate surface area is 267 Å². The van der Waals surface area contributed by atoms with Crippen molar-refractivity contribution in [2.24, 2.45) is 0 Å².